The first-order chi connectivity index (χ1) is 11.2. The molecule has 7 heteroatoms. The average Bonchev–Trinajstić information content (AvgIpc) is 3.16. The molecule has 122 valence electrons. The van der Waals surface area contributed by atoms with Crippen LogP contribution in [0.25, 0.3) is 0 Å². The van der Waals surface area contributed by atoms with E-state index in [1.165, 1.54) is 6.33 Å². The second-order valence-corrected chi connectivity index (χ2v) is 6.54. The summed E-state index contributed by atoms with van der Waals surface area (Å²) >= 11 is 0. The minimum Gasteiger partial charge on any atom is -0.381 e. The van der Waals surface area contributed by atoms with E-state index in [2.05, 4.69) is 9.97 Å². The van der Waals surface area contributed by atoms with Gasteiger partial charge in [0.25, 0.3) is 0 Å². The number of carbonyl (C=O) groups is 2. The Labute approximate surface area is 134 Å². The van der Waals surface area contributed by atoms with Crippen molar-refractivity contribution < 1.29 is 14.3 Å². The van der Waals surface area contributed by atoms with Gasteiger partial charge in [0.2, 0.25) is 11.8 Å². The van der Waals surface area contributed by atoms with Crippen LogP contribution in [0.1, 0.15) is 12.8 Å². The molecule has 4 heterocycles. The van der Waals surface area contributed by atoms with Gasteiger partial charge in [-0.2, -0.15) is 0 Å². The Morgan fingerprint density at radius 2 is 1.87 bits per heavy atom. The normalized spacial score (nSPS) is 28.3. The third-order valence-corrected chi connectivity index (χ3v) is 5.18. The van der Waals surface area contributed by atoms with Crippen LogP contribution in [0.5, 0.6) is 0 Å². The van der Waals surface area contributed by atoms with E-state index < -0.39 is 0 Å². The summed E-state index contributed by atoms with van der Waals surface area (Å²) in [5.74, 6) is 0.485. The zero-order chi connectivity index (χ0) is 15.8. The first-order valence-electron chi connectivity index (χ1n) is 8.17. The number of ether oxygens (including phenoxy) is 1. The van der Waals surface area contributed by atoms with Crippen molar-refractivity contribution in [3.63, 3.8) is 0 Å². The summed E-state index contributed by atoms with van der Waals surface area (Å²) in [4.78, 5) is 36.9. The molecule has 0 aromatic carbocycles. The summed E-state index contributed by atoms with van der Waals surface area (Å²) in [7, 11) is 0. The molecule has 0 radical (unpaired) electrons. The molecular formula is C16H20N4O3. The van der Waals surface area contributed by atoms with Gasteiger partial charge in [-0.1, -0.05) is 0 Å². The predicted molar refractivity (Wildman–Crippen MR) is 81.5 cm³/mol. The predicted octanol–water partition coefficient (Wildman–Crippen LogP) is 0.324. The third-order valence-electron chi connectivity index (χ3n) is 5.18. The Morgan fingerprint density at radius 1 is 1.13 bits per heavy atom. The number of nitrogens with zero attached hydrogens (tertiary/aromatic N) is 4. The maximum Gasteiger partial charge on any atom is 0.232 e. The molecular weight excluding hydrogens is 296 g/mol. The summed E-state index contributed by atoms with van der Waals surface area (Å²) in [5, 5.41) is 0. The van der Waals surface area contributed by atoms with Gasteiger partial charge in [0.1, 0.15) is 6.33 Å². The Morgan fingerprint density at radius 3 is 2.57 bits per heavy atom. The highest BCUT2D eigenvalue weighted by atomic mass is 16.5. The lowest BCUT2D eigenvalue weighted by Crippen LogP contribution is -2.40. The van der Waals surface area contributed by atoms with Crippen molar-refractivity contribution in [3.05, 3.63) is 18.7 Å². The van der Waals surface area contributed by atoms with Crippen LogP contribution in [0.15, 0.2) is 18.7 Å². The molecule has 0 bridgehead atoms. The SMILES string of the molecule is O=C(C1CCOCC1)N1C[C@@H]2CN(c3cncnc3)C(=O)[C@@H]2C1. The zero-order valence-corrected chi connectivity index (χ0v) is 12.9. The van der Waals surface area contributed by atoms with E-state index in [0.717, 1.165) is 18.5 Å². The molecule has 3 fully saturated rings. The molecule has 7 nitrogen and oxygen atoms in total. The molecule has 0 spiro atoms. The molecule has 0 unspecified atom stereocenters. The summed E-state index contributed by atoms with van der Waals surface area (Å²) in [6.07, 6.45) is 6.38. The largest absolute Gasteiger partial charge is 0.381 e. The first kappa shape index (κ1) is 14.6. The van der Waals surface area contributed by atoms with Crippen LogP contribution in [0.2, 0.25) is 0 Å². The summed E-state index contributed by atoms with van der Waals surface area (Å²) in [6.45, 7) is 3.20. The Balaban J connectivity index is 1.42. The van der Waals surface area contributed by atoms with Crippen molar-refractivity contribution in [3.8, 4) is 0 Å². The average molecular weight is 316 g/mol. The quantitative estimate of drug-likeness (QED) is 0.786. The highest BCUT2D eigenvalue weighted by molar-refractivity contribution is 5.98. The molecule has 3 aliphatic heterocycles. The number of hydrogen-bond acceptors (Lipinski definition) is 5. The lowest BCUT2D eigenvalue weighted by Gasteiger charge is -2.27. The van der Waals surface area contributed by atoms with Crippen molar-refractivity contribution >= 4 is 17.5 Å². The summed E-state index contributed by atoms with van der Waals surface area (Å²) in [6, 6.07) is 0. The fourth-order valence-electron chi connectivity index (χ4n) is 3.91. The highest BCUT2D eigenvalue weighted by Gasteiger charge is 2.48. The minimum atomic E-state index is -0.0843. The molecule has 0 N–H and O–H groups in total. The van der Waals surface area contributed by atoms with Gasteiger partial charge in [0.05, 0.1) is 24.0 Å². The summed E-state index contributed by atoms with van der Waals surface area (Å²) < 4.78 is 5.32. The van der Waals surface area contributed by atoms with E-state index in [1.807, 2.05) is 4.90 Å². The van der Waals surface area contributed by atoms with Gasteiger partial charge in [-0.05, 0) is 12.8 Å². The van der Waals surface area contributed by atoms with E-state index in [9.17, 15) is 9.59 Å². The van der Waals surface area contributed by atoms with Gasteiger partial charge in [0.15, 0.2) is 0 Å². The van der Waals surface area contributed by atoms with Crippen LogP contribution >= 0.6 is 0 Å². The Kier molecular flexibility index (Phi) is 3.72. The lowest BCUT2D eigenvalue weighted by atomic mass is 9.99. The lowest BCUT2D eigenvalue weighted by molar-refractivity contribution is -0.137. The van der Waals surface area contributed by atoms with Gasteiger partial charge in [-0.25, -0.2) is 9.97 Å². The fraction of sp³-hybridized carbons (Fsp3) is 0.625. The minimum absolute atomic E-state index is 0.0660. The fourth-order valence-corrected chi connectivity index (χ4v) is 3.91. The first-order valence-corrected chi connectivity index (χ1v) is 8.17. The van der Waals surface area contributed by atoms with Crippen molar-refractivity contribution in [2.75, 3.05) is 37.7 Å². The summed E-state index contributed by atoms with van der Waals surface area (Å²) in [5.41, 5.74) is 0.745. The van der Waals surface area contributed by atoms with Crippen LogP contribution in [0.4, 0.5) is 5.69 Å². The van der Waals surface area contributed by atoms with Crippen molar-refractivity contribution in [2.45, 2.75) is 12.8 Å². The Hall–Kier alpha value is -2.02. The number of fused-ring (bicyclic) bond motifs is 1. The molecule has 0 saturated carbocycles. The molecule has 2 atom stereocenters. The zero-order valence-electron chi connectivity index (χ0n) is 12.9. The maximum atomic E-state index is 12.6. The van der Waals surface area contributed by atoms with Crippen LogP contribution in [0.3, 0.4) is 0 Å². The molecule has 1 aromatic heterocycles. The van der Waals surface area contributed by atoms with E-state index in [1.54, 1.807) is 17.3 Å². The molecule has 2 amide bonds. The van der Waals surface area contributed by atoms with Crippen molar-refractivity contribution in [1.82, 2.24) is 14.9 Å². The van der Waals surface area contributed by atoms with Crippen LogP contribution in [-0.4, -0.2) is 59.5 Å². The number of amides is 2. The molecule has 3 aliphatic rings. The van der Waals surface area contributed by atoms with Gasteiger partial charge >= 0.3 is 0 Å². The van der Waals surface area contributed by atoms with Crippen LogP contribution in [-0.2, 0) is 14.3 Å². The molecule has 4 rings (SSSR count). The second kappa shape index (κ2) is 5.88. The van der Waals surface area contributed by atoms with Gasteiger partial charge in [-0.15, -0.1) is 0 Å². The molecule has 3 saturated heterocycles. The monoisotopic (exact) mass is 316 g/mol. The molecule has 1 aromatic rings. The van der Waals surface area contributed by atoms with E-state index >= 15 is 0 Å². The number of likely N-dealkylation sites (tertiary alicyclic amines) is 1. The number of aromatic nitrogens is 2. The topological polar surface area (TPSA) is 75.6 Å². The van der Waals surface area contributed by atoms with Crippen molar-refractivity contribution in [2.24, 2.45) is 17.8 Å². The standard InChI is InChI=1S/C16H20N4O3/c21-15(11-1-3-23-4-2-11)19-7-12-8-20(16(22)14(12)9-19)13-5-17-10-18-6-13/h5-6,10-12,14H,1-4,7-9H2/t12-,14-/m1/s1. The van der Waals surface area contributed by atoms with E-state index in [0.29, 0.717) is 32.8 Å². The number of anilines is 1. The van der Waals surface area contributed by atoms with Crippen LogP contribution in [0, 0.1) is 17.8 Å². The highest BCUT2D eigenvalue weighted by Crippen LogP contribution is 2.35. The van der Waals surface area contributed by atoms with Crippen molar-refractivity contribution in [1.29, 1.82) is 0 Å². The maximum absolute atomic E-state index is 12.6. The van der Waals surface area contributed by atoms with Gasteiger partial charge in [0, 0.05) is 44.7 Å². The number of carbonyl (C=O) groups excluding carboxylic acids is 2. The second-order valence-electron chi connectivity index (χ2n) is 6.54. The number of hydrogen-bond donors (Lipinski definition) is 0. The van der Waals surface area contributed by atoms with Crippen LogP contribution < -0.4 is 4.90 Å². The van der Waals surface area contributed by atoms with E-state index in [-0.39, 0.29) is 29.6 Å². The smallest absolute Gasteiger partial charge is 0.232 e. The van der Waals surface area contributed by atoms with E-state index in [4.69, 9.17) is 4.74 Å². The Bertz CT molecular complexity index is 603. The molecule has 0 aliphatic carbocycles. The third kappa shape index (κ3) is 2.59. The van der Waals surface area contributed by atoms with Gasteiger partial charge < -0.3 is 14.5 Å². The van der Waals surface area contributed by atoms with Gasteiger partial charge in [-0.3, -0.25) is 9.59 Å². The molecule has 23 heavy (non-hydrogen) atoms. The number of rotatable bonds is 2.